The Morgan fingerprint density at radius 3 is 2.88 bits per heavy atom. The summed E-state index contributed by atoms with van der Waals surface area (Å²) in [5, 5.41) is 7.23. The molecule has 1 heterocycles. The van der Waals surface area contributed by atoms with Crippen molar-refractivity contribution >= 4 is 32.8 Å². The van der Waals surface area contributed by atoms with E-state index in [0.29, 0.717) is 11.4 Å². The van der Waals surface area contributed by atoms with Gasteiger partial charge in [-0.3, -0.25) is 0 Å². The molecule has 1 unspecified atom stereocenters. The summed E-state index contributed by atoms with van der Waals surface area (Å²) >= 11 is 5.91. The van der Waals surface area contributed by atoms with E-state index in [4.69, 9.17) is 11.6 Å². The van der Waals surface area contributed by atoms with Gasteiger partial charge < -0.3 is 10.6 Å². The van der Waals surface area contributed by atoms with Gasteiger partial charge in [0.1, 0.15) is 9.84 Å². The van der Waals surface area contributed by atoms with Gasteiger partial charge >= 0.3 is 0 Å². The average Bonchev–Trinajstić information content (AvgIpc) is 2.24. The Labute approximate surface area is 106 Å². The Morgan fingerprint density at radius 1 is 1.41 bits per heavy atom. The van der Waals surface area contributed by atoms with E-state index in [1.165, 1.54) is 6.26 Å². The summed E-state index contributed by atoms with van der Waals surface area (Å²) in [6.07, 6.45) is 1.85. The number of hydrogen-bond acceptors (Lipinski definition) is 4. The molecule has 1 atom stereocenters. The zero-order valence-electron chi connectivity index (χ0n) is 9.53. The third kappa shape index (κ3) is 3.51. The molecule has 0 amide bonds. The highest BCUT2D eigenvalue weighted by Gasteiger charge is 2.18. The Hall–Kier alpha value is -0.940. The first-order chi connectivity index (χ1) is 7.94. The summed E-state index contributed by atoms with van der Waals surface area (Å²) in [5.74, 6) is 0.197. The Morgan fingerprint density at radius 2 is 2.18 bits per heavy atom. The molecule has 2 N–H and O–H groups in total. The van der Waals surface area contributed by atoms with Crippen molar-refractivity contribution in [2.45, 2.75) is 12.5 Å². The normalized spacial score (nSPS) is 19.1. The van der Waals surface area contributed by atoms with E-state index in [2.05, 4.69) is 10.6 Å². The molecular weight excluding hydrogens is 260 g/mol. The van der Waals surface area contributed by atoms with Crippen LogP contribution in [0.2, 0.25) is 5.02 Å². The lowest BCUT2D eigenvalue weighted by molar-refractivity contribution is 0.594. The van der Waals surface area contributed by atoms with E-state index in [9.17, 15) is 8.42 Å². The molecular formula is C11H15ClN2O2S. The summed E-state index contributed by atoms with van der Waals surface area (Å²) in [7, 11) is -2.90. The maximum absolute atomic E-state index is 11.1. The molecule has 1 aliphatic heterocycles. The molecule has 0 saturated heterocycles. The third-order valence-electron chi connectivity index (χ3n) is 2.72. The summed E-state index contributed by atoms with van der Waals surface area (Å²) in [6.45, 7) is 0.726. The van der Waals surface area contributed by atoms with Gasteiger partial charge in [0.2, 0.25) is 0 Å². The van der Waals surface area contributed by atoms with Gasteiger partial charge in [-0.25, -0.2) is 8.42 Å². The van der Waals surface area contributed by atoms with Gasteiger partial charge in [0.25, 0.3) is 0 Å². The largest absolute Gasteiger partial charge is 0.381 e. The fraction of sp³-hybridized carbons (Fsp3) is 0.455. The van der Waals surface area contributed by atoms with E-state index in [1.54, 1.807) is 0 Å². The lowest BCUT2D eigenvalue weighted by Crippen LogP contribution is -2.34. The summed E-state index contributed by atoms with van der Waals surface area (Å²) in [6, 6.07) is 5.70. The van der Waals surface area contributed by atoms with E-state index in [-0.39, 0.29) is 11.8 Å². The van der Waals surface area contributed by atoms with Gasteiger partial charge in [0.15, 0.2) is 0 Å². The maximum atomic E-state index is 11.1. The summed E-state index contributed by atoms with van der Waals surface area (Å²) in [5.41, 5.74) is 1.94. The summed E-state index contributed by atoms with van der Waals surface area (Å²) in [4.78, 5) is 0. The van der Waals surface area contributed by atoms with Crippen LogP contribution in [0.1, 0.15) is 6.42 Å². The van der Waals surface area contributed by atoms with Crippen molar-refractivity contribution in [1.82, 2.24) is 0 Å². The van der Waals surface area contributed by atoms with Gasteiger partial charge in [0.05, 0.1) is 17.1 Å². The lowest BCUT2D eigenvalue weighted by atomic mass is 10.1. The molecule has 2 rings (SSSR count). The molecule has 0 bridgehead atoms. The molecule has 1 aliphatic rings. The smallest absolute Gasteiger partial charge is 0.147 e. The van der Waals surface area contributed by atoms with Gasteiger partial charge in [-0.15, -0.1) is 0 Å². The number of halogens is 1. The topological polar surface area (TPSA) is 58.2 Å². The predicted molar refractivity (Wildman–Crippen MR) is 71.7 cm³/mol. The van der Waals surface area contributed by atoms with E-state index in [0.717, 1.165) is 17.9 Å². The SMILES string of the molecule is CS(=O)(=O)CCC1CNc2ccc(Cl)cc2N1. The van der Waals surface area contributed by atoms with Crippen molar-refractivity contribution < 1.29 is 8.42 Å². The minimum Gasteiger partial charge on any atom is -0.381 e. The molecule has 0 fully saturated rings. The van der Waals surface area contributed by atoms with Crippen LogP contribution in [0.25, 0.3) is 0 Å². The van der Waals surface area contributed by atoms with Crippen molar-refractivity contribution in [3.05, 3.63) is 23.2 Å². The third-order valence-corrected chi connectivity index (χ3v) is 3.93. The predicted octanol–water partition coefficient (Wildman–Crippen LogP) is 1.98. The number of rotatable bonds is 3. The Balaban J connectivity index is 2.03. The van der Waals surface area contributed by atoms with Crippen molar-refractivity contribution in [2.24, 2.45) is 0 Å². The molecule has 4 nitrogen and oxygen atoms in total. The van der Waals surface area contributed by atoms with Crippen LogP contribution in [0.4, 0.5) is 11.4 Å². The molecule has 1 aromatic carbocycles. The first-order valence-electron chi connectivity index (χ1n) is 5.42. The van der Waals surface area contributed by atoms with Crippen LogP contribution in [0, 0.1) is 0 Å². The minimum atomic E-state index is -2.90. The number of fused-ring (bicyclic) bond motifs is 1. The molecule has 94 valence electrons. The van der Waals surface area contributed by atoms with Crippen LogP contribution < -0.4 is 10.6 Å². The Bertz CT molecular complexity index is 516. The zero-order chi connectivity index (χ0) is 12.5. The number of nitrogens with one attached hydrogen (secondary N) is 2. The van der Waals surface area contributed by atoms with Gasteiger partial charge in [-0.1, -0.05) is 11.6 Å². The van der Waals surface area contributed by atoms with Crippen LogP contribution in [0.3, 0.4) is 0 Å². The van der Waals surface area contributed by atoms with Gasteiger partial charge in [-0.2, -0.15) is 0 Å². The molecule has 0 saturated carbocycles. The first kappa shape index (κ1) is 12.5. The monoisotopic (exact) mass is 274 g/mol. The summed E-state index contributed by atoms with van der Waals surface area (Å²) < 4.78 is 22.2. The highest BCUT2D eigenvalue weighted by Crippen LogP contribution is 2.29. The van der Waals surface area contributed by atoms with Gasteiger partial charge in [-0.05, 0) is 24.6 Å². The van der Waals surface area contributed by atoms with E-state index in [1.807, 2.05) is 18.2 Å². The first-order valence-corrected chi connectivity index (χ1v) is 7.85. The fourth-order valence-electron chi connectivity index (χ4n) is 1.82. The van der Waals surface area contributed by atoms with E-state index < -0.39 is 9.84 Å². The van der Waals surface area contributed by atoms with Crippen LogP contribution in [-0.2, 0) is 9.84 Å². The van der Waals surface area contributed by atoms with Crippen LogP contribution >= 0.6 is 11.6 Å². The second-order valence-corrected chi connectivity index (χ2v) is 7.03. The van der Waals surface area contributed by atoms with Gasteiger partial charge in [0, 0.05) is 23.9 Å². The molecule has 1 aromatic rings. The molecule has 0 aromatic heterocycles. The molecule has 0 spiro atoms. The molecule has 0 aliphatic carbocycles. The zero-order valence-corrected chi connectivity index (χ0v) is 11.1. The van der Waals surface area contributed by atoms with Crippen LogP contribution in [0.15, 0.2) is 18.2 Å². The maximum Gasteiger partial charge on any atom is 0.147 e. The van der Waals surface area contributed by atoms with Crippen LogP contribution in [-0.4, -0.2) is 33.0 Å². The quantitative estimate of drug-likeness (QED) is 0.885. The highest BCUT2D eigenvalue weighted by molar-refractivity contribution is 7.90. The number of benzene rings is 1. The van der Waals surface area contributed by atoms with Crippen molar-refractivity contribution in [1.29, 1.82) is 0 Å². The molecule has 6 heteroatoms. The average molecular weight is 275 g/mol. The number of hydrogen-bond donors (Lipinski definition) is 2. The Kier molecular flexibility index (Phi) is 3.49. The van der Waals surface area contributed by atoms with Crippen molar-refractivity contribution in [3.63, 3.8) is 0 Å². The molecule has 0 radical (unpaired) electrons. The van der Waals surface area contributed by atoms with Crippen molar-refractivity contribution in [2.75, 3.05) is 29.2 Å². The van der Waals surface area contributed by atoms with Crippen LogP contribution in [0.5, 0.6) is 0 Å². The van der Waals surface area contributed by atoms with Crippen molar-refractivity contribution in [3.8, 4) is 0 Å². The number of sulfone groups is 1. The second-order valence-electron chi connectivity index (χ2n) is 4.33. The lowest BCUT2D eigenvalue weighted by Gasteiger charge is -2.28. The number of anilines is 2. The molecule has 17 heavy (non-hydrogen) atoms. The van der Waals surface area contributed by atoms with E-state index >= 15 is 0 Å². The minimum absolute atomic E-state index is 0.121. The standard InChI is InChI=1S/C11H15ClN2O2S/c1-17(15,16)5-4-9-7-13-10-3-2-8(12)6-11(10)14-9/h2-3,6,9,13-14H,4-5,7H2,1H3. The second kappa shape index (κ2) is 4.74. The highest BCUT2D eigenvalue weighted by atomic mass is 35.5. The fourth-order valence-corrected chi connectivity index (χ4v) is 2.71.